The Morgan fingerprint density at radius 1 is 1.24 bits per heavy atom. The van der Waals surface area contributed by atoms with Crippen molar-refractivity contribution >= 4 is 34.8 Å². The summed E-state index contributed by atoms with van der Waals surface area (Å²) in [5.41, 5.74) is 0.563. The van der Waals surface area contributed by atoms with Crippen LogP contribution in [0.1, 0.15) is 6.92 Å². The molecule has 0 fully saturated rings. The molecule has 1 amide bonds. The first-order valence-corrected chi connectivity index (χ1v) is 6.89. The van der Waals surface area contributed by atoms with Crippen LogP contribution < -0.4 is 10.1 Å². The fraction of sp³-hybridized carbons (Fsp3) is 0.133. The van der Waals surface area contributed by atoms with E-state index in [0.717, 1.165) is 6.07 Å². The van der Waals surface area contributed by atoms with Crippen LogP contribution in [0.3, 0.4) is 0 Å². The number of rotatable bonds is 4. The number of carbonyl (C=O) groups is 1. The van der Waals surface area contributed by atoms with E-state index in [9.17, 15) is 9.18 Å². The summed E-state index contributed by atoms with van der Waals surface area (Å²) in [4.78, 5) is 12.0. The molecule has 1 unspecified atom stereocenters. The molecule has 0 bridgehead atoms. The molecule has 0 radical (unpaired) electrons. The molecular weight excluding hydrogens is 316 g/mol. The normalized spacial score (nSPS) is 11.8. The molecule has 6 heteroatoms. The molecule has 2 rings (SSSR count). The average molecular weight is 328 g/mol. The highest BCUT2D eigenvalue weighted by Gasteiger charge is 2.16. The van der Waals surface area contributed by atoms with Gasteiger partial charge in [0.1, 0.15) is 11.6 Å². The van der Waals surface area contributed by atoms with Gasteiger partial charge in [-0.25, -0.2) is 4.39 Å². The van der Waals surface area contributed by atoms with Crippen LogP contribution in [0.15, 0.2) is 42.5 Å². The summed E-state index contributed by atoms with van der Waals surface area (Å²) in [5.74, 6) is -0.590. The minimum Gasteiger partial charge on any atom is -0.479 e. The minimum absolute atomic E-state index is 0.109. The molecule has 0 saturated heterocycles. The summed E-state index contributed by atoms with van der Waals surface area (Å²) >= 11 is 11.7. The van der Waals surface area contributed by atoms with E-state index in [0.29, 0.717) is 10.7 Å². The number of hydrogen-bond donors (Lipinski definition) is 1. The van der Waals surface area contributed by atoms with Crippen LogP contribution in [0.25, 0.3) is 0 Å². The third kappa shape index (κ3) is 4.34. The highest BCUT2D eigenvalue weighted by atomic mass is 35.5. The van der Waals surface area contributed by atoms with Gasteiger partial charge in [0.2, 0.25) is 0 Å². The van der Waals surface area contributed by atoms with Crippen molar-refractivity contribution in [3.05, 3.63) is 58.3 Å². The third-order valence-electron chi connectivity index (χ3n) is 2.66. The molecule has 0 heterocycles. The van der Waals surface area contributed by atoms with Crippen LogP contribution in [0.2, 0.25) is 10.0 Å². The summed E-state index contributed by atoms with van der Waals surface area (Å²) in [6.07, 6.45) is -0.799. The van der Waals surface area contributed by atoms with E-state index in [-0.39, 0.29) is 16.7 Å². The maximum Gasteiger partial charge on any atom is 0.265 e. The number of ether oxygens (including phenoxy) is 1. The van der Waals surface area contributed by atoms with Gasteiger partial charge in [0, 0.05) is 10.7 Å². The van der Waals surface area contributed by atoms with E-state index in [1.165, 1.54) is 12.1 Å². The lowest BCUT2D eigenvalue weighted by atomic mass is 10.3. The lowest BCUT2D eigenvalue weighted by Gasteiger charge is -2.15. The summed E-state index contributed by atoms with van der Waals surface area (Å²) < 4.78 is 18.4. The quantitative estimate of drug-likeness (QED) is 0.895. The van der Waals surface area contributed by atoms with Gasteiger partial charge in [-0.3, -0.25) is 4.79 Å². The van der Waals surface area contributed by atoms with Crippen molar-refractivity contribution in [1.82, 2.24) is 0 Å². The molecular formula is C15H12Cl2FNO2. The Bertz CT molecular complexity index is 664. The second-order valence-corrected chi connectivity index (χ2v) is 5.18. The number of carbonyl (C=O) groups excluding carboxylic acids is 1. The Kier molecular flexibility index (Phi) is 5.04. The van der Waals surface area contributed by atoms with Crippen LogP contribution in [0.4, 0.5) is 10.1 Å². The van der Waals surface area contributed by atoms with E-state index in [1.54, 1.807) is 31.2 Å². The maximum absolute atomic E-state index is 12.9. The Morgan fingerprint density at radius 2 is 2.00 bits per heavy atom. The van der Waals surface area contributed by atoms with Gasteiger partial charge >= 0.3 is 0 Å². The molecule has 2 aromatic rings. The molecule has 3 nitrogen and oxygen atoms in total. The molecule has 2 aromatic carbocycles. The van der Waals surface area contributed by atoms with Crippen molar-refractivity contribution in [2.45, 2.75) is 13.0 Å². The van der Waals surface area contributed by atoms with Crippen LogP contribution in [-0.2, 0) is 4.79 Å². The van der Waals surface area contributed by atoms with Gasteiger partial charge in [-0.15, -0.1) is 0 Å². The van der Waals surface area contributed by atoms with Gasteiger partial charge in [-0.2, -0.15) is 0 Å². The smallest absolute Gasteiger partial charge is 0.265 e. The number of benzene rings is 2. The summed E-state index contributed by atoms with van der Waals surface area (Å²) in [5, 5.41) is 3.29. The van der Waals surface area contributed by atoms with Crippen molar-refractivity contribution < 1.29 is 13.9 Å². The topological polar surface area (TPSA) is 38.3 Å². The van der Waals surface area contributed by atoms with Gasteiger partial charge in [-0.05, 0) is 43.3 Å². The molecule has 1 N–H and O–H groups in total. The number of anilines is 1. The van der Waals surface area contributed by atoms with Crippen LogP contribution in [0, 0.1) is 5.82 Å². The summed E-state index contributed by atoms with van der Waals surface area (Å²) in [7, 11) is 0. The summed E-state index contributed by atoms with van der Waals surface area (Å²) in [6, 6.07) is 10.5. The number of halogens is 3. The van der Waals surface area contributed by atoms with E-state index >= 15 is 0 Å². The molecule has 0 aliphatic heterocycles. The van der Waals surface area contributed by atoms with E-state index in [1.807, 2.05) is 0 Å². The molecule has 0 aromatic heterocycles. The first-order chi connectivity index (χ1) is 9.95. The van der Waals surface area contributed by atoms with Crippen molar-refractivity contribution in [3.8, 4) is 5.75 Å². The molecule has 0 aliphatic rings. The fourth-order valence-corrected chi connectivity index (χ4v) is 2.03. The van der Waals surface area contributed by atoms with Crippen molar-refractivity contribution in [2.75, 3.05) is 5.32 Å². The van der Waals surface area contributed by atoms with Crippen LogP contribution in [0.5, 0.6) is 5.75 Å². The highest BCUT2D eigenvalue weighted by Crippen LogP contribution is 2.26. The Hall–Kier alpha value is -1.78. The lowest BCUT2D eigenvalue weighted by molar-refractivity contribution is -0.122. The number of amides is 1. The molecule has 21 heavy (non-hydrogen) atoms. The molecule has 0 spiro atoms. The number of hydrogen-bond acceptors (Lipinski definition) is 2. The van der Waals surface area contributed by atoms with Crippen molar-refractivity contribution in [2.24, 2.45) is 0 Å². The second kappa shape index (κ2) is 6.78. The molecule has 110 valence electrons. The van der Waals surface area contributed by atoms with Gasteiger partial charge in [-0.1, -0.05) is 29.3 Å². The van der Waals surface area contributed by atoms with E-state index in [2.05, 4.69) is 5.32 Å². The van der Waals surface area contributed by atoms with E-state index in [4.69, 9.17) is 27.9 Å². The zero-order chi connectivity index (χ0) is 15.4. The zero-order valence-corrected chi connectivity index (χ0v) is 12.6. The number of nitrogens with one attached hydrogen (secondary N) is 1. The first-order valence-electron chi connectivity index (χ1n) is 6.14. The maximum atomic E-state index is 12.9. The standard InChI is InChI=1S/C15H12Cl2FNO2/c1-9(21-14-6-5-11(18)8-13(14)17)15(20)19-12-4-2-3-10(16)7-12/h2-9H,1H3,(H,19,20). The molecule has 1 atom stereocenters. The largest absolute Gasteiger partial charge is 0.479 e. The van der Waals surface area contributed by atoms with Gasteiger partial charge in [0.25, 0.3) is 5.91 Å². The van der Waals surface area contributed by atoms with Gasteiger partial charge < -0.3 is 10.1 Å². The predicted molar refractivity (Wildman–Crippen MR) is 81.6 cm³/mol. The van der Waals surface area contributed by atoms with Crippen molar-refractivity contribution in [1.29, 1.82) is 0 Å². The SMILES string of the molecule is CC(Oc1ccc(F)cc1Cl)C(=O)Nc1cccc(Cl)c1. The second-order valence-electron chi connectivity index (χ2n) is 4.33. The summed E-state index contributed by atoms with van der Waals surface area (Å²) in [6.45, 7) is 1.57. The van der Waals surface area contributed by atoms with Crippen LogP contribution >= 0.6 is 23.2 Å². The first kappa shape index (κ1) is 15.6. The van der Waals surface area contributed by atoms with Crippen LogP contribution in [-0.4, -0.2) is 12.0 Å². The van der Waals surface area contributed by atoms with Gasteiger partial charge in [0.05, 0.1) is 5.02 Å². The van der Waals surface area contributed by atoms with Gasteiger partial charge in [0.15, 0.2) is 6.10 Å². The average Bonchev–Trinajstić information content (AvgIpc) is 2.41. The fourth-order valence-electron chi connectivity index (χ4n) is 1.62. The lowest BCUT2D eigenvalue weighted by Crippen LogP contribution is -2.30. The molecule has 0 aliphatic carbocycles. The highest BCUT2D eigenvalue weighted by molar-refractivity contribution is 6.32. The predicted octanol–water partition coefficient (Wildman–Crippen LogP) is 4.54. The van der Waals surface area contributed by atoms with Crippen molar-refractivity contribution in [3.63, 3.8) is 0 Å². The Morgan fingerprint density at radius 3 is 2.67 bits per heavy atom. The van der Waals surface area contributed by atoms with E-state index < -0.39 is 11.9 Å². The monoisotopic (exact) mass is 327 g/mol. The minimum atomic E-state index is -0.799. The zero-order valence-electron chi connectivity index (χ0n) is 11.1. The molecule has 0 saturated carbocycles. The Labute approximate surface area is 131 Å². The Balaban J connectivity index is 2.02. The third-order valence-corrected chi connectivity index (χ3v) is 3.19.